The highest BCUT2D eigenvalue weighted by Crippen LogP contribution is 2.40. The Morgan fingerprint density at radius 1 is 1.14 bits per heavy atom. The van der Waals surface area contributed by atoms with Crippen LogP contribution in [-0.4, -0.2) is 20.0 Å². The normalized spacial score (nSPS) is 16.7. The van der Waals surface area contributed by atoms with Gasteiger partial charge in [0.25, 0.3) is 0 Å². The average molecular weight is 318 g/mol. The third-order valence-electron chi connectivity index (χ3n) is 3.82. The Hall–Kier alpha value is -2.20. The number of rotatable bonds is 3. The first-order chi connectivity index (χ1) is 10.6. The molecule has 1 unspecified atom stereocenters. The highest BCUT2D eigenvalue weighted by molar-refractivity contribution is 6.31. The highest BCUT2D eigenvalue weighted by Gasteiger charge is 2.28. The van der Waals surface area contributed by atoms with E-state index in [0.29, 0.717) is 28.5 Å². The lowest BCUT2D eigenvalue weighted by Crippen LogP contribution is -2.23. The predicted octanol–water partition coefficient (Wildman–Crippen LogP) is 4.10. The molecule has 0 spiro atoms. The van der Waals surface area contributed by atoms with E-state index in [0.717, 1.165) is 11.3 Å². The molecule has 22 heavy (non-hydrogen) atoms. The van der Waals surface area contributed by atoms with Crippen molar-refractivity contribution in [2.75, 3.05) is 19.5 Å². The zero-order valence-corrected chi connectivity index (χ0v) is 13.1. The van der Waals surface area contributed by atoms with Crippen LogP contribution in [0.4, 0.5) is 5.69 Å². The van der Waals surface area contributed by atoms with Crippen molar-refractivity contribution in [2.45, 2.75) is 12.5 Å². The largest absolute Gasteiger partial charge is 0.493 e. The van der Waals surface area contributed by atoms with Crippen LogP contribution in [0.5, 0.6) is 11.5 Å². The third-order valence-corrected chi connectivity index (χ3v) is 4.17. The van der Waals surface area contributed by atoms with Crippen molar-refractivity contribution in [3.63, 3.8) is 0 Å². The second-order valence-electron chi connectivity index (χ2n) is 5.10. The van der Waals surface area contributed by atoms with Gasteiger partial charge in [-0.05, 0) is 17.7 Å². The van der Waals surface area contributed by atoms with E-state index >= 15 is 0 Å². The van der Waals surface area contributed by atoms with E-state index in [1.54, 1.807) is 26.4 Å². The van der Waals surface area contributed by atoms with E-state index in [1.807, 2.05) is 24.3 Å². The van der Waals surface area contributed by atoms with Crippen molar-refractivity contribution in [3.8, 4) is 11.5 Å². The van der Waals surface area contributed by atoms with Crippen LogP contribution in [0.2, 0.25) is 5.02 Å². The summed E-state index contributed by atoms with van der Waals surface area (Å²) in [7, 11) is 3.12. The number of carbonyl (C=O) groups excluding carboxylic acids is 1. The first-order valence-corrected chi connectivity index (χ1v) is 7.32. The average Bonchev–Trinajstić information content (AvgIpc) is 2.54. The Bertz CT molecular complexity index is 730. The number of methoxy groups -OCH3 is 2. The SMILES string of the molecule is COc1cc2c(cc1OC)C(=O)CC(c1ccccc1Cl)N2. The number of fused-ring (bicyclic) bond motifs is 1. The summed E-state index contributed by atoms with van der Waals surface area (Å²) in [5.74, 6) is 1.19. The number of ketones is 1. The van der Waals surface area contributed by atoms with Crippen LogP contribution in [-0.2, 0) is 0 Å². The number of Topliss-reactive ketones (excluding diaryl/α,β-unsaturated/α-hetero) is 1. The molecule has 1 atom stereocenters. The molecule has 5 heteroatoms. The maximum absolute atomic E-state index is 12.5. The Balaban J connectivity index is 2.02. The molecule has 0 saturated carbocycles. The molecule has 0 aromatic heterocycles. The Labute approximate surface area is 134 Å². The molecular formula is C17H16ClNO3. The Morgan fingerprint density at radius 3 is 2.50 bits per heavy atom. The maximum Gasteiger partial charge on any atom is 0.167 e. The van der Waals surface area contributed by atoms with Crippen LogP contribution in [0.3, 0.4) is 0 Å². The van der Waals surface area contributed by atoms with E-state index in [4.69, 9.17) is 21.1 Å². The van der Waals surface area contributed by atoms with Gasteiger partial charge >= 0.3 is 0 Å². The molecule has 4 nitrogen and oxygen atoms in total. The highest BCUT2D eigenvalue weighted by atomic mass is 35.5. The number of halogens is 1. The van der Waals surface area contributed by atoms with Crippen molar-refractivity contribution < 1.29 is 14.3 Å². The monoisotopic (exact) mass is 317 g/mol. The van der Waals surface area contributed by atoms with E-state index in [2.05, 4.69) is 5.32 Å². The predicted molar refractivity (Wildman–Crippen MR) is 86.3 cm³/mol. The Morgan fingerprint density at radius 2 is 1.82 bits per heavy atom. The van der Waals surface area contributed by atoms with Crippen LogP contribution in [0.1, 0.15) is 28.4 Å². The summed E-state index contributed by atoms with van der Waals surface area (Å²) >= 11 is 6.24. The smallest absolute Gasteiger partial charge is 0.167 e. The molecule has 114 valence electrons. The summed E-state index contributed by atoms with van der Waals surface area (Å²) in [6.07, 6.45) is 0.353. The molecule has 0 aliphatic carbocycles. The van der Waals surface area contributed by atoms with Gasteiger partial charge in [0.2, 0.25) is 0 Å². The molecule has 3 rings (SSSR count). The number of anilines is 1. The molecule has 0 amide bonds. The molecule has 0 bridgehead atoms. The number of benzene rings is 2. The lowest BCUT2D eigenvalue weighted by Gasteiger charge is -2.28. The molecule has 1 aliphatic rings. The van der Waals surface area contributed by atoms with Gasteiger partial charge in [-0.1, -0.05) is 29.8 Å². The molecule has 1 aliphatic heterocycles. The van der Waals surface area contributed by atoms with Gasteiger partial charge in [-0.15, -0.1) is 0 Å². The van der Waals surface area contributed by atoms with Gasteiger partial charge in [-0.3, -0.25) is 4.79 Å². The van der Waals surface area contributed by atoms with Crippen LogP contribution in [0.15, 0.2) is 36.4 Å². The van der Waals surface area contributed by atoms with Crippen molar-refractivity contribution in [2.24, 2.45) is 0 Å². The van der Waals surface area contributed by atoms with Crippen LogP contribution < -0.4 is 14.8 Å². The third kappa shape index (κ3) is 2.50. The van der Waals surface area contributed by atoms with E-state index < -0.39 is 0 Å². The van der Waals surface area contributed by atoms with E-state index in [-0.39, 0.29) is 11.8 Å². The van der Waals surface area contributed by atoms with Gasteiger partial charge in [0.05, 0.1) is 20.3 Å². The summed E-state index contributed by atoms with van der Waals surface area (Å²) in [5, 5.41) is 4.02. The standard InChI is InChI=1S/C17H16ClNO3/c1-21-16-7-11-14(9-17(16)22-2)19-13(8-15(11)20)10-5-3-4-6-12(10)18/h3-7,9,13,19H,8H2,1-2H3. The number of carbonyl (C=O) groups is 1. The second kappa shape index (κ2) is 5.89. The molecule has 0 fully saturated rings. The minimum Gasteiger partial charge on any atom is -0.493 e. The van der Waals surface area contributed by atoms with Gasteiger partial charge in [0.1, 0.15) is 0 Å². The number of nitrogens with one attached hydrogen (secondary N) is 1. The topological polar surface area (TPSA) is 47.6 Å². The molecule has 0 radical (unpaired) electrons. The molecule has 2 aromatic carbocycles. The molecule has 1 N–H and O–H groups in total. The fourth-order valence-electron chi connectivity index (χ4n) is 2.71. The minimum atomic E-state index is -0.146. The molecule has 2 aromatic rings. The first kappa shape index (κ1) is 14.7. The van der Waals surface area contributed by atoms with Crippen LogP contribution in [0, 0.1) is 0 Å². The summed E-state index contributed by atoms with van der Waals surface area (Å²) in [6, 6.07) is 10.9. The zero-order chi connectivity index (χ0) is 15.7. The fraction of sp³-hybridized carbons (Fsp3) is 0.235. The lowest BCUT2D eigenvalue weighted by molar-refractivity contribution is 0.0972. The molecular weight excluding hydrogens is 302 g/mol. The van der Waals surface area contributed by atoms with Gasteiger partial charge in [0, 0.05) is 28.8 Å². The van der Waals surface area contributed by atoms with Gasteiger partial charge in [-0.2, -0.15) is 0 Å². The van der Waals surface area contributed by atoms with Crippen LogP contribution >= 0.6 is 11.6 Å². The van der Waals surface area contributed by atoms with Crippen molar-refractivity contribution in [3.05, 3.63) is 52.5 Å². The summed E-state index contributed by atoms with van der Waals surface area (Å²) in [5.41, 5.74) is 2.26. The second-order valence-corrected chi connectivity index (χ2v) is 5.51. The number of hydrogen-bond acceptors (Lipinski definition) is 4. The van der Waals surface area contributed by atoms with Gasteiger partial charge < -0.3 is 14.8 Å². The lowest BCUT2D eigenvalue weighted by atomic mass is 9.92. The zero-order valence-electron chi connectivity index (χ0n) is 12.4. The van der Waals surface area contributed by atoms with Gasteiger partial charge in [0.15, 0.2) is 17.3 Å². The van der Waals surface area contributed by atoms with E-state index in [1.165, 1.54) is 0 Å². The summed E-state index contributed by atoms with van der Waals surface area (Å²) < 4.78 is 10.6. The quantitative estimate of drug-likeness (QED) is 0.926. The van der Waals surface area contributed by atoms with Gasteiger partial charge in [-0.25, -0.2) is 0 Å². The fourth-order valence-corrected chi connectivity index (χ4v) is 2.98. The number of ether oxygens (including phenoxy) is 2. The van der Waals surface area contributed by atoms with Crippen molar-refractivity contribution >= 4 is 23.1 Å². The minimum absolute atomic E-state index is 0.0552. The van der Waals surface area contributed by atoms with Crippen LogP contribution in [0.25, 0.3) is 0 Å². The summed E-state index contributed by atoms with van der Waals surface area (Å²) in [4.78, 5) is 12.5. The van der Waals surface area contributed by atoms with Crippen molar-refractivity contribution in [1.29, 1.82) is 0 Å². The first-order valence-electron chi connectivity index (χ1n) is 6.94. The maximum atomic E-state index is 12.5. The Kier molecular flexibility index (Phi) is 3.94. The number of hydrogen-bond donors (Lipinski definition) is 1. The summed E-state index contributed by atoms with van der Waals surface area (Å²) in [6.45, 7) is 0. The molecule has 1 heterocycles. The van der Waals surface area contributed by atoms with Crippen molar-refractivity contribution in [1.82, 2.24) is 0 Å². The van der Waals surface area contributed by atoms with E-state index in [9.17, 15) is 4.79 Å². The molecule has 0 saturated heterocycles.